The van der Waals surface area contributed by atoms with E-state index in [0.29, 0.717) is 5.56 Å². The molecule has 0 saturated heterocycles. The molecule has 0 fully saturated rings. The molecule has 0 spiro atoms. The molecule has 1 N–H and O–H groups in total. The summed E-state index contributed by atoms with van der Waals surface area (Å²) in [5.41, 5.74) is 5.59. The summed E-state index contributed by atoms with van der Waals surface area (Å²) in [4.78, 5) is 12.7. The Balaban J connectivity index is 1.91. The number of anilines is 1. The lowest BCUT2D eigenvalue weighted by molar-refractivity contribution is 0.102. The van der Waals surface area contributed by atoms with E-state index in [2.05, 4.69) is 55.5 Å². The maximum atomic E-state index is 12.7. The minimum atomic E-state index is -0.144. The second kappa shape index (κ2) is 6.79. The van der Waals surface area contributed by atoms with Crippen LogP contribution in [0.25, 0.3) is 11.1 Å². The maximum absolute atomic E-state index is 12.7. The van der Waals surface area contributed by atoms with Crippen molar-refractivity contribution in [2.45, 2.75) is 33.1 Å². The van der Waals surface area contributed by atoms with Gasteiger partial charge in [0.15, 0.2) is 0 Å². The Kier molecular flexibility index (Phi) is 4.68. The van der Waals surface area contributed by atoms with Crippen molar-refractivity contribution in [3.8, 4) is 11.1 Å². The van der Waals surface area contributed by atoms with E-state index in [-0.39, 0.29) is 11.3 Å². The van der Waals surface area contributed by atoms with Crippen LogP contribution in [0.2, 0.25) is 0 Å². The van der Waals surface area contributed by atoms with Gasteiger partial charge in [0, 0.05) is 24.5 Å². The monoisotopic (exact) mass is 347 g/mol. The zero-order valence-corrected chi connectivity index (χ0v) is 16.0. The molecule has 0 saturated carbocycles. The van der Waals surface area contributed by atoms with Crippen molar-refractivity contribution in [1.29, 1.82) is 0 Å². The molecule has 0 aliphatic heterocycles. The SMILES string of the molecule is Cc1nn(C)cc1C(=O)Nc1ccccc1-c1ccc(C(C)(C)C)cc1. The van der Waals surface area contributed by atoms with Crippen LogP contribution in [0.1, 0.15) is 42.4 Å². The first-order chi connectivity index (χ1) is 12.3. The number of hydrogen-bond acceptors (Lipinski definition) is 2. The van der Waals surface area contributed by atoms with E-state index < -0.39 is 0 Å². The molecule has 1 aromatic heterocycles. The van der Waals surface area contributed by atoms with Gasteiger partial charge in [-0.3, -0.25) is 9.48 Å². The molecule has 4 nitrogen and oxygen atoms in total. The van der Waals surface area contributed by atoms with Crippen molar-refractivity contribution in [3.63, 3.8) is 0 Å². The van der Waals surface area contributed by atoms with Crippen molar-refractivity contribution < 1.29 is 4.79 Å². The molecular formula is C22H25N3O. The number of hydrogen-bond donors (Lipinski definition) is 1. The summed E-state index contributed by atoms with van der Waals surface area (Å²) in [5, 5.41) is 7.27. The number of carbonyl (C=O) groups is 1. The molecule has 2 aromatic carbocycles. The summed E-state index contributed by atoms with van der Waals surface area (Å²) in [6, 6.07) is 16.4. The van der Waals surface area contributed by atoms with Gasteiger partial charge in [-0.15, -0.1) is 0 Å². The molecule has 1 heterocycles. The van der Waals surface area contributed by atoms with Crippen LogP contribution in [-0.4, -0.2) is 15.7 Å². The van der Waals surface area contributed by atoms with E-state index in [1.165, 1.54) is 5.56 Å². The molecule has 3 aromatic rings. The lowest BCUT2D eigenvalue weighted by atomic mass is 9.86. The van der Waals surface area contributed by atoms with Crippen LogP contribution in [0.4, 0.5) is 5.69 Å². The predicted octanol–water partition coefficient (Wildman–Crippen LogP) is 4.95. The minimum Gasteiger partial charge on any atom is -0.321 e. The van der Waals surface area contributed by atoms with Crippen LogP contribution in [0.3, 0.4) is 0 Å². The van der Waals surface area contributed by atoms with Gasteiger partial charge in [0.2, 0.25) is 0 Å². The van der Waals surface area contributed by atoms with Gasteiger partial charge < -0.3 is 5.32 Å². The van der Waals surface area contributed by atoms with E-state index in [1.54, 1.807) is 10.9 Å². The summed E-state index contributed by atoms with van der Waals surface area (Å²) in [6.45, 7) is 8.44. The summed E-state index contributed by atoms with van der Waals surface area (Å²) in [7, 11) is 1.81. The fourth-order valence-electron chi connectivity index (χ4n) is 3.01. The van der Waals surface area contributed by atoms with Gasteiger partial charge in [-0.25, -0.2) is 0 Å². The Labute approximate surface area is 154 Å². The van der Waals surface area contributed by atoms with Crippen LogP contribution >= 0.6 is 0 Å². The molecule has 0 aliphatic rings. The summed E-state index contributed by atoms with van der Waals surface area (Å²) in [5.74, 6) is -0.144. The highest BCUT2D eigenvalue weighted by molar-refractivity contribution is 6.06. The molecule has 0 aliphatic carbocycles. The van der Waals surface area contributed by atoms with Gasteiger partial charge in [-0.2, -0.15) is 5.10 Å². The van der Waals surface area contributed by atoms with E-state index in [4.69, 9.17) is 0 Å². The molecule has 0 bridgehead atoms. The Hall–Kier alpha value is -2.88. The topological polar surface area (TPSA) is 46.9 Å². The third kappa shape index (κ3) is 3.69. The molecule has 0 unspecified atom stereocenters. The highest BCUT2D eigenvalue weighted by Gasteiger charge is 2.16. The second-order valence-corrected chi connectivity index (χ2v) is 7.63. The molecule has 134 valence electrons. The lowest BCUT2D eigenvalue weighted by Gasteiger charge is -2.19. The van der Waals surface area contributed by atoms with Crippen molar-refractivity contribution in [3.05, 3.63) is 71.5 Å². The Morgan fingerprint density at radius 3 is 2.27 bits per heavy atom. The van der Waals surface area contributed by atoms with Crippen molar-refractivity contribution in [1.82, 2.24) is 9.78 Å². The van der Waals surface area contributed by atoms with Gasteiger partial charge in [-0.1, -0.05) is 63.2 Å². The van der Waals surface area contributed by atoms with Crippen LogP contribution in [-0.2, 0) is 12.5 Å². The fraction of sp³-hybridized carbons (Fsp3) is 0.273. The van der Waals surface area contributed by atoms with Gasteiger partial charge in [0.05, 0.1) is 11.3 Å². The Bertz CT molecular complexity index is 931. The van der Waals surface area contributed by atoms with Crippen molar-refractivity contribution >= 4 is 11.6 Å². The first-order valence-corrected chi connectivity index (χ1v) is 8.77. The number of aryl methyl sites for hydroxylation is 2. The van der Waals surface area contributed by atoms with Crippen LogP contribution in [0, 0.1) is 6.92 Å². The van der Waals surface area contributed by atoms with E-state index in [0.717, 1.165) is 22.5 Å². The highest BCUT2D eigenvalue weighted by atomic mass is 16.1. The molecule has 4 heteroatoms. The fourth-order valence-corrected chi connectivity index (χ4v) is 3.01. The predicted molar refractivity (Wildman–Crippen MR) is 106 cm³/mol. The quantitative estimate of drug-likeness (QED) is 0.729. The summed E-state index contributed by atoms with van der Waals surface area (Å²) >= 11 is 0. The Morgan fingerprint density at radius 1 is 1.04 bits per heavy atom. The molecular weight excluding hydrogens is 322 g/mol. The highest BCUT2D eigenvalue weighted by Crippen LogP contribution is 2.30. The maximum Gasteiger partial charge on any atom is 0.259 e. The molecule has 1 amide bonds. The number of rotatable bonds is 3. The molecule has 0 atom stereocenters. The van der Waals surface area contributed by atoms with Gasteiger partial charge in [0.1, 0.15) is 0 Å². The number of benzene rings is 2. The van der Waals surface area contributed by atoms with E-state index in [9.17, 15) is 4.79 Å². The van der Waals surface area contributed by atoms with Gasteiger partial charge >= 0.3 is 0 Å². The number of nitrogens with zero attached hydrogens (tertiary/aromatic N) is 2. The zero-order chi connectivity index (χ0) is 18.9. The number of amides is 1. The van der Waals surface area contributed by atoms with Crippen LogP contribution in [0.5, 0.6) is 0 Å². The summed E-state index contributed by atoms with van der Waals surface area (Å²) in [6.07, 6.45) is 1.74. The molecule has 0 radical (unpaired) electrons. The largest absolute Gasteiger partial charge is 0.321 e. The number of nitrogens with one attached hydrogen (secondary N) is 1. The minimum absolute atomic E-state index is 0.115. The van der Waals surface area contributed by atoms with E-state index >= 15 is 0 Å². The Morgan fingerprint density at radius 2 is 1.69 bits per heavy atom. The first-order valence-electron chi connectivity index (χ1n) is 8.77. The third-order valence-corrected chi connectivity index (χ3v) is 4.50. The summed E-state index contributed by atoms with van der Waals surface area (Å²) < 4.78 is 1.65. The zero-order valence-electron chi connectivity index (χ0n) is 16.0. The standard InChI is InChI=1S/C22H25N3O/c1-15-19(14-25(5)24-15)21(26)23-20-9-7-6-8-18(20)16-10-12-17(13-11-16)22(2,3)4/h6-14H,1-5H3,(H,23,26). The number of para-hydroxylation sites is 1. The van der Waals surface area contributed by atoms with Gasteiger partial charge in [0.25, 0.3) is 5.91 Å². The number of aromatic nitrogens is 2. The van der Waals surface area contributed by atoms with Crippen molar-refractivity contribution in [2.24, 2.45) is 7.05 Å². The lowest BCUT2D eigenvalue weighted by Crippen LogP contribution is -2.13. The van der Waals surface area contributed by atoms with Gasteiger partial charge in [-0.05, 0) is 29.5 Å². The van der Waals surface area contributed by atoms with Crippen LogP contribution < -0.4 is 5.32 Å². The molecule has 3 rings (SSSR count). The van der Waals surface area contributed by atoms with E-state index in [1.807, 2.05) is 38.2 Å². The smallest absolute Gasteiger partial charge is 0.259 e. The normalized spacial score (nSPS) is 11.4. The third-order valence-electron chi connectivity index (χ3n) is 4.50. The average molecular weight is 347 g/mol. The number of carbonyl (C=O) groups excluding carboxylic acids is 1. The van der Waals surface area contributed by atoms with Crippen LogP contribution in [0.15, 0.2) is 54.7 Å². The first kappa shape index (κ1) is 17.9. The van der Waals surface area contributed by atoms with Crippen molar-refractivity contribution in [2.75, 3.05) is 5.32 Å². The second-order valence-electron chi connectivity index (χ2n) is 7.63. The average Bonchev–Trinajstić information content (AvgIpc) is 2.93. The molecule has 26 heavy (non-hydrogen) atoms.